The van der Waals surface area contributed by atoms with Crippen LogP contribution in [0, 0.1) is 28.6 Å². The van der Waals surface area contributed by atoms with E-state index >= 15 is 0 Å². The van der Waals surface area contributed by atoms with Gasteiger partial charge in [-0.15, -0.1) is 5.47 Å². The summed E-state index contributed by atoms with van der Waals surface area (Å²) >= 11 is 0. The fourth-order valence-electron chi connectivity index (χ4n) is 6.92. The van der Waals surface area contributed by atoms with Crippen molar-refractivity contribution in [3.05, 3.63) is 23.2 Å². The fourth-order valence-corrected chi connectivity index (χ4v) is 8.31. The molecule has 6 atom stereocenters. The quantitative estimate of drug-likeness (QED) is 0.361. The van der Waals surface area contributed by atoms with Crippen molar-refractivity contribution in [2.24, 2.45) is 28.6 Å². The second-order valence-corrected chi connectivity index (χ2v) is 17.1. The molecule has 0 N–H and O–H groups in total. The molecule has 154 valence electrons. The highest BCUT2D eigenvalue weighted by Gasteiger charge is 2.56. The highest BCUT2D eigenvalue weighted by molar-refractivity contribution is 6.74. The minimum Gasteiger partial charge on any atom is -0.414 e. The van der Waals surface area contributed by atoms with Gasteiger partial charge < -0.3 is 4.43 Å². The standard InChI is InChI=1S/C25H41BOSi/c1-23(2,3)28(6,7)27-18-12-14-24(4)17(16-18)8-9-19-20-10-11-22(26)25(20,5)15-13-21(19)24/h8,11,18-21H,9-10,12-16H2,1-7H3/t18-,19?,20?,21?,24-,25-/m0/s1. The molecule has 4 aliphatic rings. The lowest BCUT2D eigenvalue weighted by Gasteiger charge is -2.58. The Morgan fingerprint density at radius 2 is 1.68 bits per heavy atom. The largest absolute Gasteiger partial charge is 0.414 e. The van der Waals surface area contributed by atoms with Gasteiger partial charge in [-0.2, -0.15) is 0 Å². The van der Waals surface area contributed by atoms with Gasteiger partial charge in [0, 0.05) is 6.10 Å². The first kappa shape index (κ1) is 21.0. The van der Waals surface area contributed by atoms with Crippen LogP contribution in [0.2, 0.25) is 18.1 Å². The molecule has 3 unspecified atom stereocenters. The van der Waals surface area contributed by atoms with Crippen molar-refractivity contribution < 1.29 is 4.43 Å². The lowest BCUT2D eigenvalue weighted by atomic mass is 9.46. The molecular weight excluding hydrogens is 355 g/mol. The average Bonchev–Trinajstić information content (AvgIpc) is 2.89. The van der Waals surface area contributed by atoms with E-state index in [1.54, 1.807) is 5.57 Å². The molecule has 0 heterocycles. The van der Waals surface area contributed by atoms with Gasteiger partial charge in [-0.05, 0) is 91.7 Å². The Balaban J connectivity index is 1.53. The van der Waals surface area contributed by atoms with E-state index in [4.69, 9.17) is 12.3 Å². The molecule has 0 aromatic rings. The summed E-state index contributed by atoms with van der Waals surface area (Å²) in [5.74, 6) is 2.43. The molecule has 4 rings (SSSR count). The van der Waals surface area contributed by atoms with E-state index in [0.717, 1.165) is 17.8 Å². The zero-order valence-corrected chi connectivity index (χ0v) is 20.4. The summed E-state index contributed by atoms with van der Waals surface area (Å²) in [6.45, 7) is 16.9. The van der Waals surface area contributed by atoms with E-state index in [1.807, 2.05) is 0 Å². The lowest BCUT2D eigenvalue weighted by Crippen LogP contribution is -2.51. The number of hydrogen-bond donors (Lipinski definition) is 0. The molecule has 0 spiro atoms. The third-order valence-corrected chi connectivity index (χ3v) is 14.5. The second kappa shape index (κ2) is 6.61. The van der Waals surface area contributed by atoms with Crippen molar-refractivity contribution >= 4 is 16.2 Å². The van der Waals surface area contributed by atoms with Gasteiger partial charge in [0.1, 0.15) is 7.85 Å². The Bertz CT molecular complexity index is 702. The zero-order chi connectivity index (χ0) is 20.5. The molecule has 2 radical (unpaired) electrons. The molecule has 0 bridgehead atoms. The Morgan fingerprint density at radius 1 is 1.00 bits per heavy atom. The van der Waals surface area contributed by atoms with Crippen molar-refractivity contribution in [1.29, 1.82) is 0 Å². The fraction of sp³-hybridized carbons (Fsp3) is 0.840. The predicted octanol–water partition coefficient (Wildman–Crippen LogP) is 7.00. The van der Waals surface area contributed by atoms with Crippen molar-refractivity contribution in [2.75, 3.05) is 0 Å². The Kier molecular flexibility index (Phi) is 4.95. The number of hydrogen-bond acceptors (Lipinski definition) is 1. The molecule has 0 aromatic heterocycles. The van der Waals surface area contributed by atoms with Gasteiger partial charge in [-0.3, -0.25) is 0 Å². The third-order valence-electron chi connectivity index (χ3n) is 9.97. The van der Waals surface area contributed by atoms with E-state index in [9.17, 15) is 0 Å². The van der Waals surface area contributed by atoms with Crippen LogP contribution in [0.5, 0.6) is 0 Å². The molecule has 2 fully saturated rings. The third kappa shape index (κ3) is 3.06. The Labute approximate surface area is 176 Å². The van der Waals surface area contributed by atoms with Crippen molar-refractivity contribution in [2.45, 2.75) is 104 Å². The normalized spacial score (nSPS) is 43.5. The van der Waals surface area contributed by atoms with E-state index < -0.39 is 8.32 Å². The smallest absolute Gasteiger partial charge is 0.192 e. The van der Waals surface area contributed by atoms with Gasteiger partial charge in [0.2, 0.25) is 0 Å². The van der Waals surface area contributed by atoms with Gasteiger partial charge in [-0.1, -0.05) is 52.3 Å². The molecule has 2 saturated carbocycles. The first-order valence-electron chi connectivity index (χ1n) is 11.7. The van der Waals surface area contributed by atoms with Crippen LogP contribution >= 0.6 is 0 Å². The van der Waals surface area contributed by atoms with E-state index in [2.05, 4.69) is 59.9 Å². The summed E-state index contributed by atoms with van der Waals surface area (Å²) < 4.78 is 6.85. The first-order valence-corrected chi connectivity index (χ1v) is 14.6. The molecule has 28 heavy (non-hydrogen) atoms. The summed E-state index contributed by atoms with van der Waals surface area (Å²) in [6.07, 6.45) is 14.3. The monoisotopic (exact) mass is 396 g/mol. The van der Waals surface area contributed by atoms with Crippen LogP contribution in [0.3, 0.4) is 0 Å². The van der Waals surface area contributed by atoms with Crippen LogP contribution in [0.4, 0.5) is 0 Å². The first-order chi connectivity index (χ1) is 12.9. The number of fused-ring (bicyclic) bond motifs is 5. The van der Waals surface area contributed by atoms with Gasteiger partial charge in [0.15, 0.2) is 8.32 Å². The van der Waals surface area contributed by atoms with E-state index in [0.29, 0.717) is 16.6 Å². The summed E-state index contributed by atoms with van der Waals surface area (Å²) in [5, 5.41) is 0.295. The topological polar surface area (TPSA) is 9.23 Å². The highest BCUT2D eigenvalue weighted by atomic mass is 28.4. The van der Waals surface area contributed by atoms with Crippen LogP contribution in [-0.4, -0.2) is 22.3 Å². The molecule has 0 amide bonds. The SMILES string of the molecule is [B]C1=CCC2C3CC=C4C[C@@H](O[Si](C)(C)C(C)(C)C)CC[C@]4(C)C3CC[C@]12C. The van der Waals surface area contributed by atoms with Crippen LogP contribution in [0.25, 0.3) is 0 Å². The minimum atomic E-state index is -1.69. The average molecular weight is 397 g/mol. The summed E-state index contributed by atoms with van der Waals surface area (Å²) in [7, 11) is 4.76. The van der Waals surface area contributed by atoms with Crippen LogP contribution in [0.15, 0.2) is 23.2 Å². The van der Waals surface area contributed by atoms with E-state index in [-0.39, 0.29) is 5.41 Å². The van der Waals surface area contributed by atoms with Crippen molar-refractivity contribution in [3.8, 4) is 0 Å². The molecule has 4 aliphatic carbocycles. The van der Waals surface area contributed by atoms with Crippen LogP contribution in [0.1, 0.15) is 79.6 Å². The Morgan fingerprint density at radius 3 is 2.36 bits per heavy atom. The van der Waals surface area contributed by atoms with E-state index in [1.165, 1.54) is 50.4 Å². The maximum absolute atomic E-state index is 6.85. The van der Waals surface area contributed by atoms with Crippen molar-refractivity contribution in [1.82, 2.24) is 0 Å². The summed E-state index contributed by atoms with van der Waals surface area (Å²) in [5.41, 5.74) is 3.58. The molecule has 0 saturated heterocycles. The zero-order valence-electron chi connectivity index (χ0n) is 19.4. The van der Waals surface area contributed by atoms with Crippen LogP contribution < -0.4 is 0 Å². The van der Waals surface area contributed by atoms with Gasteiger partial charge in [0.05, 0.1) is 0 Å². The van der Waals surface area contributed by atoms with Gasteiger partial charge in [-0.25, -0.2) is 0 Å². The number of rotatable bonds is 2. The molecular formula is C25H41BOSi. The lowest BCUT2D eigenvalue weighted by molar-refractivity contribution is -0.0261. The second-order valence-electron chi connectivity index (χ2n) is 12.4. The van der Waals surface area contributed by atoms with Gasteiger partial charge in [0.25, 0.3) is 0 Å². The highest BCUT2D eigenvalue weighted by Crippen LogP contribution is 2.64. The summed E-state index contributed by atoms with van der Waals surface area (Å²) in [4.78, 5) is 0. The maximum atomic E-state index is 6.85. The molecule has 0 aromatic carbocycles. The summed E-state index contributed by atoms with van der Waals surface area (Å²) in [6, 6.07) is 0. The maximum Gasteiger partial charge on any atom is 0.192 e. The van der Waals surface area contributed by atoms with Crippen LogP contribution in [-0.2, 0) is 4.43 Å². The molecule has 3 heteroatoms. The number of allylic oxidation sites excluding steroid dienone is 3. The molecule has 0 aliphatic heterocycles. The van der Waals surface area contributed by atoms with Gasteiger partial charge >= 0.3 is 0 Å². The van der Waals surface area contributed by atoms with Crippen molar-refractivity contribution in [3.63, 3.8) is 0 Å². The minimum absolute atomic E-state index is 0.269. The Hall–Kier alpha value is -0.278. The predicted molar refractivity (Wildman–Crippen MR) is 123 cm³/mol. The molecule has 1 nitrogen and oxygen atoms in total.